The van der Waals surface area contributed by atoms with Crippen molar-refractivity contribution >= 4 is 29.1 Å². The molecule has 0 aromatic heterocycles. The fraction of sp³-hybridized carbons (Fsp3) is 0.118. The van der Waals surface area contributed by atoms with E-state index >= 15 is 0 Å². The number of thiocarbonyl (C=S) groups is 1. The molecule has 0 heterocycles. The van der Waals surface area contributed by atoms with Crippen LogP contribution < -0.4 is 10.6 Å². The molecule has 2 N–H and O–H groups in total. The van der Waals surface area contributed by atoms with Gasteiger partial charge in [0, 0.05) is 11.1 Å². The maximum Gasteiger partial charge on any atom is 0.257 e. The Bertz CT molecular complexity index is 679. The van der Waals surface area contributed by atoms with Crippen LogP contribution in [0.3, 0.4) is 0 Å². The molecule has 2 aromatic rings. The quantitative estimate of drug-likeness (QED) is 0.838. The number of carbonyl (C=O) groups is 2. The highest BCUT2D eigenvalue weighted by Crippen LogP contribution is 2.07. The second-order valence-corrected chi connectivity index (χ2v) is 5.28. The van der Waals surface area contributed by atoms with E-state index in [1.807, 2.05) is 38.1 Å². The van der Waals surface area contributed by atoms with Crippen molar-refractivity contribution in [3.8, 4) is 0 Å². The number of aryl methyl sites for hydroxylation is 2. The van der Waals surface area contributed by atoms with Gasteiger partial charge in [-0.15, -0.1) is 0 Å². The van der Waals surface area contributed by atoms with Crippen LogP contribution in [0.5, 0.6) is 0 Å². The lowest BCUT2D eigenvalue weighted by atomic mass is 10.1. The molecule has 2 rings (SSSR count). The Morgan fingerprint density at radius 1 is 0.773 bits per heavy atom. The Balaban J connectivity index is 2.02. The summed E-state index contributed by atoms with van der Waals surface area (Å²) in [5.41, 5.74) is 2.73. The lowest BCUT2D eigenvalue weighted by Gasteiger charge is -2.11. The van der Waals surface area contributed by atoms with Gasteiger partial charge in [-0.05, 0) is 49.3 Å². The van der Waals surface area contributed by atoms with Crippen LogP contribution in [0.15, 0.2) is 48.5 Å². The van der Waals surface area contributed by atoms with Gasteiger partial charge in [0.2, 0.25) is 0 Å². The Morgan fingerprint density at radius 2 is 1.14 bits per heavy atom. The van der Waals surface area contributed by atoms with Gasteiger partial charge >= 0.3 is 0 Å². The maximum absolute atomic E-state index is 12.1. The molecule has 22 heavy (non-hydrogen) atoms. The van der Waals surface area contributed by atoms with E-state index < -0.39 is 0 Å². The van der Waals surface area contributed by atoms with Crippen LogP contribution in [0, 0.1) is 13.8 Å². The summed E-state index contributed by atoms with van der Waals surface area (Å²) in [7, 11) is 0. The largest absolute Gasteiger partial charge is 0.299 e. The first-order valence-electron chi connectivity index (χ1n) is 6.77. The van der Waals surface area contributed by atoms with Crippen LogP contribution in [0.1, 0.15) is 31.8 Å². The summed E-state index contributed by atoms with van der Waals surface area (Å²) in [5.74, 6) is -0.679. The molecule has 5 heteroatoms. The Labute approximate surface area is 134 Å². The monoisotopic (exact) mass is 312 g/mol. The van der Waals surface area contributed by atoms with Gasteiger partial charge in [-0.1, -0.05) is 36.4 Å². The minimum atomic E-state index is -0.340. The highest BCUT2D eigenvalue weighted by molar-refractivity contribution is 7.80. The molecular weight excluding hydrogens is 296 g/mol. The normalized spacial score (nSPS) is 9.91. The van der Waals surface area contributed by atoms with E-state index in [4.69, 9.17) is 12.2 Å². The number of amides is 2. The van der Waals surface area contributed by atoms with E-state index in [0.717, 1.165) is 11.1 Å². The standard InChI is InChI=1S/C17H16N2O2S/c1-11-7-3-5-9-13(11)15(20)18-17(22)19-16(21)14-10-6-4-8-12(14)2/h3-10H,1-2H3,(H2,18,19,20,21,22). The minimum Gasteiger partial charge on any atom is -0.299 e. The number of carbonyl (C=O) groups excluding carboxylic acids is 2. The first-order valence-corrected chi connectivity index (χ1v) is 7.18. The number of nitrogens with one attached hydrogen (secondary N) is 2. The van der Waals surface area contributed by atoms with Crippen molar-refractivity contribution in [1.82, 2.24) is 10.6 Å². The van der Waals surface area contributed by atoms with Crippen LogP contribution in [0.2, 0.25) is 0 Å². The van der Waals surface area contributed by atoms with Crippen LogP contribution >= 0.6 is 12.2 Å². The second kappa shape index (κ2) is 6.95. The van der Waals surface area contributed by atoms with Gasteiger partial charge < -0.3 is 0 Å². The lowest BCUT2D eigenvalue weighted by molar-refractivity contribution is 0.0967. The van der Waals surface area contributed by atoms with E-state index in [-0.39, 0.29) is 16.9 Å². The molecule has 0 fully saturated rings. The highest BCUT2D eigenvalue weighted by Gasteiger charge is 2.13. The highest BCUT2D eigenvalue weighted by atomic mass is 32.1. The van der Waals surface area contributed by atoms with E-state index in [1.54, 1.807) is 24.3 Å². The van der Waals surface area contributed by atoms with E-state index in [9.17, 15) is 9.59 Å². The first kappa shape index (κ1) is 15.9. The van der Waals surface area contributed by atoms with Gasteiger partial charge in [0.1, 0.15) is 0 Å². The zero-order valence-electron chi connectivity index (χ0n) is 12.3. The van der Waals surface area contributed by atoms with Gasteiger partial charge in [-0.3, -0.25) is 20.2 Å². The van der Waals surface area contributed by atoms with Crippen LogP contribution in [-0.2, 0) is 0 Å². The number of hydrogen-bond acceptors (Lipinski definition) is 3. The summed E-state index contributed by atoms with van der Waals surface area (Å²) in [6.45, 7) is 3.67. The SMILES string of the molecule is Cc1ccccc1C(=O)NC(=S)NC(=O)c1ccccc1C. The molecule has 0 saturated carbocycles. The molecule has 0 atom stereocenters. The summed E-state index contributed by atoms with van der Waals surface area (Å²) < 4.78 is 0. The fourth-order valence-corrected chi connectivity index (χ4v) is 2.21. The zero-order valence-corrected chi connectivity index (χ0v) is 13.2. The average Bonchev–Trinajstić information content (AvgIpc) is 2.47. The molecule has 0 aliphatic rings. The van der Waals surface area contributed by atoms with Gasteiger partial charge in [0.05, 0.1) is 0 Å². The Morgan fingerprint density at radius 3 is 1.50 bits per heavy atom. The van der Waals surface area contributed by atoms with E-state index in [1.165, 1.54) is 0 Å². The van der Waals surface area contributed by atoms with Crippen LogP contribution in [-0.4, -0.2) is 16.9 Å². The molecule has 0 spiro atoms. The maximum atomic E-state index is 12.1. The fourth-order valence-electron chi connectivity index (χ4n) is 2.03. The smallest absolute Gasteiger partial charge is 0.257 e. The minimum absolute atomic E-state index is 0.0125. The molecule has 0 radical (unpaired) electrons. The van der Waals surface area contributed by atoms with Gasteiger partial charge in [-0.25, -0.2) is 0 Å². The van der Waals surface area contributed by atoms with Crippen molar-refractivity contribution in [2.45, 2.75) is 13.8 Å². The van der Waals surface area contributed by atoms with Crippen molar-refractivity contribution in [2.24, 2.45) is 0 Å². The third-order valence-corrected chi connectivity index (χ3v) is 3.44. The molecule has 0 bridgehead atoms. The third-order valence-electron chi connectivity index (χ3n) is 3.23. The third kappa shape index (κ3) is 3.77. The van der Waals surface area contributed by atoms with E-state index in [2.05, 4.69) is 10.6 Å². The van der Waals surface area contributed by atoms with Gasteiger partial charge in [-0.2, -0.15) is 0 Å². The van der Waals surface area contributed by atoms with Crippen molar-refractivity contribution in [1.29, 1.82) is 0 Å². The topological polar surface area (TPSA) is 58.2 Å². The molecule has 4 nitrogen and oxygen atoms in total. The van der Waals surface area contributed by atoms with Crippen LogP contribution in [0.25, 0.3) is 0 Å². The predicted octanol–water partition coefficient (Wildman–Crippen LogP) is 2.75. The van der Waals surface area contributed by atoms with Crippen molar-refractivity contribution in [3.63, 3.8) is 0 Å². The molecule has 112 valence electrons. The number of benzene rings is 2. The lowest BCUT2D eigenvalue weighted by Crippen LogP contribution is -2.42. The molecule has 0 unspecified atom stereocenters. The average molecular weight is 312 g/mol. The van der Waals surface area contributed by atoms with Gasteiger partial charge in [0.15, 0.2) is 5.11 Å². The summed E-state index contributed by atoms with van der Waals surface area (Å²) >= 11 is 5.03. The molecule has 0 aliphatic heterocycles. The molecule has 0 aliphatic carbocycles. The number of hydrogen-bond donors (Lipinski definition) is 2. The Kier molecular flexibility index (Phi) is 5.01. The zero-order chi connectivity index (χ0) is 16.1. The predicted molar refractivity (Wildman–Crippen MR) is 89.9 cm³/mol. The first-order chi connectivity index (χ1) is 10.5. The molecule has 0 saturated heterocycles. The van der Waals surface area contributed by atoms with Crippen molar-refractivity contribution in [3.05, 3.63) is 70.8 Å². The second-order valence-electron chi connectivity index (χ2n) is 4.87. The van der Waals surface area contributed by atoms with Crippen LogP contribution in [0.4, 0.5) is 0 Å². The Hall–Kier alpha value is -2.53. The van der Waals surface area contributed by atoms with Gasteiger partial charge in [0.25, 0.3) is 11.8 Å². The number of rotatable bonds is 2. The molecular formula is C17H16N2O2S. The molecule has 2 aromatic carbocycles. The summed E-state index contributed by atoms with van der Waals surface area (Å²) in [4.78, 5) is 24.2. The summed E-state index contributed by atoms with van der Waals surface area (Å²) in [5, 5.41) is 5.02. The van der Waals surface area contributed by atoms with Crippen molar-refractivity contribution < 1.29 is 9.59 Å². The van der Waals surface area contributed by atoms with E-state index in [0.29, 0.717) is 11.1 Å². The van der Waals surface area contributed by atoms with Crippen molar-refractivity contribution in [2.75, 3.05) is 0 Å². The molecule has 2 amide bonds. The summed E-state index contributed by atoms with van der Waals surface area (Å²) in [6, 6.07) is 14.3. The summed E-state index contributed by atoms with van der Waals surface area (Å²) in [6.07, 6.45) is 0.